The number of hydrogen-bond donors (Lipinski definition) is 0. The minimum atomic E-state index is -0.524. The number of amides is 1. The Kier molecular flexibility index (Phi) is 2.11. The van der Waals surface area contributed by atoms with Crippen LogP contribution in [-0.4, -0.2) is 11.3 Å². The zero-order valence-electron chi connectivity index (χ0n) is 7.42. The number of hydrogen-bond acceptors (Lipinski definition) is 1. The van der Waals surface area contributed by atoms with Crippen LogP contribution in [0.4, 0.5) is 4.39 Å². The van der Waals surface area contributed by atoms with E-state index >= 15 is 0 Å². The summed E-state index contributed by atoms with van der Waals surface area (Å²) in [5.74, 6) is -0.882. The fraction of sp³-hybridized carbons (Fsp3) is 0.200. The van der Waals surface area contributed by atoms with Crippen LogP contribution in [0.2, 0.25) is 0 Å². The highest BCUT2D eigenvalue weighted by Gasteiger charge is 2.22. The van der Waals surface area contributed by atoms with Gasteiger partial charge < -0.3 is 0 Å². The third-order valence-electron chi connectivity index (χ3n) is 2.11. The Bertz CT molecular complexity index is 521. The number of carbonyl (C=O) groups is 1. The van der Waals surface area contributed by atoms with E-state index in [0.29, 0.717) is 5.36 Å². The van der Waals surface area contributed by atoms with Gasteiger partial charge in [-0.1, -0.05) is 6.07 Å². The molecule has 1 amide bonds. The largest absolute Gasteiger partial charge is 0.275 e. The topological polar surface area (TPSA) is 29.4 Å². The van der Waals surface area contributed by atoms with E-state index < -0.39 is 17.1 Å². The maximum atomic E-state index is 13.4. The number of halogens is 2. The molecule has 4 heteroatoms. The van der Waals surface area contributed by atoms with Gasteiger partial charge in [0.25, 0.3) is 5.91 Å². The Morgan fingerprint density at radius 1 is 1.50 bits per heavy atom. The summed E-state index contributed by atoms with van der Waals surface area (Å²) in [4.78, 5) is 15.1. The second kappa shape index (κ2) is 3.17. The van der Waals surface area contributed by atoms with Gasteiger partial charge in [0.2, 0.25) is 0 Å². The van der Waals surface area contributed by atoms with Crippen molar-refractivity contribution >= 4 is 23.1 Å². The summed E-state index contributed by atoms with van der Waals surface area (Å²) in [5, 5.41) is 0.0990. The van der Waals surface area contributed by atoms with Crippen molar-refractivity contribution in [2.24, 2.45) is 4.99 Å². The molecular weight excluding hydrogens is 205 g/mol. The van der Waals surface area contributed by atoms with E-state index in [1.165, 1.54) is 12.1 Å². The van der Waals surface area contributed by atoms with Gasteiger partial charge in [-0.05, 0) is 19.1 Å². The second-order valence-corrected chi connectivity index (χ2v) is 3.74. The molecule has 2 nitrogen and oxygen atoms in total. The van der Waals surface area contributed by atoms with Crippen molar-refractivity contribution in [1.82, 2.24) is 0 Å². The molecule has 2 rings (SSSR count). The lowest BCUT2D eigenvalue weighted by Crippen LogP contribution is -2.28. The normalized spacial score (nSPS) is 16.5. The van der Waals surface area contributed by atoms with Gasteiger partial charge in [-0.25, -0.2) is 9.38 Å². The van der Waals surface area contributed by atoms with E-state index in [2.05, 4.69) is 4.99 Å². The second-order valence-electron chi connectivity index (χ2n) is 3.08. The summed E-state index contributed by atoms with van der Waals surface area (Å²) in [7, 11) is 0. The molecule has 1 atom stereocenters. The SMILES string of the molecule is CC(Cl)C1=c2c(F)cccc2=NC1=O. The zero-order valence-corrected chi connectivity index (χ0v) is 8.18. The first-order chi connectivity index (χ1) is 6.61. The Morgan fingerprint density at radius 2 is 2.21 bits per heavy atom. The molecule has 0 aromatic heterocycles. The van der Waals surface area contributed by atoms with Crippen molar-refractivity contribution in [3.8, 4) is 0 Å². The molecule has 0 saturated carbocycles. The van der Waals surface area contributed by atoms with Gasteiger partial charge in [0.15, 0.2) is 0 Å². The molecule has 0 fully saturated rings. The van der Waals surface area contributed by atoms with Crippen LogP contribution in [0, 0.1) is 5.82 Å². The standard InChI is InChI=1S/C10H7ClFNO/c1-5(11)8-9-6(12)3-2-4-7(9)13-10(8)14/h2-5H,1H3. The van der Waals surface area contributed by atoms with E-state index in [-0.39, 0.29) is 10.8 Å². The van der Waals surface area contributed by atoms with Gasteiger partial charge in [0.1, 0.15) is 5.82 Å². The molecule has 0 spiro atoms. The lowest BCUT2D eigenvalue weighted by atomic mass is 10.1. The van der Waals surface area contributed by atoms with Gasteiger partial charge in [-0.15, -0.1) is 11.6 Å². The molecule has 0 radical (unpaired) electrons. The molecular formula is C10H7ClFNO. The van der Waals surface area contributed by atoms with Crippen LogP contribution >= 0.6 is 11.6 Å². The Balaban J connectivity index is 2.93. The van der Waals surface area contributed by atoms with E-state index in [0.717, 1.165) is 0 Å². The van der Waals surface area contributed by atoms with Crippen molar-refractivity contribution in [3.05, 3.63) is 34.6 Å². The van der Waals surface area contributed by atoms with E-state index in [1.807, 2.05) is 0 Å². The van der Waals surface area contributed by atoms with E-state index in [9.17, 15) is 9.18 Å². The highest BCUT2D eigenvalue weighted by Crippen LogP contribution is 2.12. The first-order valence-electron chi connectivity index (χ1n) is 4.17. The third kappa shape index (κ3) is 1.24. The molecule has 0 aliphatic carbocycles. The molecule has 14 heavy (non-hydrogen) atoms. The van der Waals surface area contributed by atoms with Crippen LogP contribution in [0.1, 0.15) is 6.92 Å². The molecule has 72 valence electrons. The quantitative estimate of drug-likeness (QED) is 0.631. The van der Waals surface area contributed by atoms with E-state index in [1.54, 1.807) is 13.0 Å². The first kappa shape index (κ1) is 9.34. The smallest absolute Gasteiger partial charge is 0.267 e. The summed E-state index contributed by atoms with van der Waals surface area (Å²) in [6.07, 6.45) is 0. The van der Waals surface area contributed by atoms with Crippen LogP contribution < -0.4 is 10.6 Å². The molecule has 1 aliphatic rings. The van der Waals surface area contributed by atoms with Crippen LogP contribution in [-0.2, 0) is 4.79 Å². The monoisotopic (exact) mass is 211 g/mol. The van der Waals surface area contributed by atoms with Crippen LogP contribution in [0.5, 0.6) is 0 Å². The lowest BCUT2D eigenvalue weighted by molar-refractivity contribution is -0.112. The first-order valence-corrected chi connectivity index (χ1v) is 4.61. The number of nitrogens with zero attached hydrogens (tertiary/aromatic N) is 1. The summed E-state index contributed by atoms with van der Waals surface area (Å²) in [6.45, 7) is 1.63. The Morgan fingerprint density at radius 3 is 2.86 bits per heavy atom. The maximum Gasteiger partial charge on any atom is 0.275 e. The highest BCUT2D eigenvalue weighted by atomic mass is 35.5. The molecule has 1 unspecified atom stereocenters. The summed E-state index contributed by atoms with van der Waals surface area (Å²) < 4.78 is 13.4. The number of carbonyl (C=O) groups excluding carboxylic acids is 1. The molecule has 0 bridgehead atoms. The van der Waals surface area contributed by atoms with Crippen molar-refractivity contribution in [2.45, 2.75) is 12.3 Å². The van der Waals surface area contributed by atoms with Gasteiger partial charge >= 0.3 is 0 Å². The van der Waals surface area contributed by atoms with Crippen molar-refractivity contribution < 1.29 is 9.18 Å². The molecule has 1 aliphatic heterocycles. The number of benzene rings is 1. The molecule has 1 heterocycles. The van der Waals surface area contributed by atoms with Crippen molar-refractivity contribution in [3.63, 3.8) is 0 Å². The molecule has 0 N–H and O–H groups in total. The third-order valence-corrected chi connectivity index (χ3v) is 2.33. The van der Waals surface area contributed by atoms with Gasteiger partial charge in [0.05, 0.1) is 10.7 Å². The van der Waals surface area contributed by atoms with Gasteiger partial charge in [0, 0.05) is 10.8 Å². The minimum absolute atomic E-state index is 0.250. The average Bonchev–Trinajstić information content (AvgIpc) is 2.42. The fourth-order valence-electron chi connectivity index (χ4n) is 1.52. The Labute approximate surface area is 84.7 Å². The van der Waals surface area contributed by atoms with E-state index in [4.69, 9.17) is 11.6 Å². The maximum absolute atomic E-state index is 13.4. The summed E-state index contributed by atoms with van der Waals surface area (Å²) >= 11 is 5.79. The van der Waals surface area contributed by atoms with Gasteiger partial charge in [-0.2, -0.15) is 0 Å². The van der Waals surface area contributed by atoms with Gasteiger partial charge in [-0.3, -0.25) is 4.79 Å². The Hall–Kier alpha value is -1.22. The molecule has 1 aromatic carbocycles. The number of fused-ring (bicyclic) bond motifs is 1. The van der Waals surface area contributed by atoms with Crippen molar-refractivity contribution in [1.29, 1.82) is 0 Å². The van der Waals surface area contributed by atoms with Crippen LogP contribution in [0.3, 0.4) is 0 Å². The number of alkyl halides is 1. The average molecular weight is 212 g/mol. The minimum Gasteiger partial charge on any atom is -0.267 e. The lowest BCUT2D eigenvalue weighted by Gasteiger charge is -2.00. The predicted molar refractivity (Wildman–Crippen MR) is 50.9 cm³/mol. The summed E-state index contributed by atoms with van der Waals surface area (Å²) in [5.41, 5.74) is 0.250. The molecule has 1 aromatic rings. The zero-order chi connectivity index (χ0) is 10.3. The summed E-state index contributed by atoms with van der Waals surface area (Å²) in [6, 6.07) is 4.42. The van der Waals surface area contributed by atoms with Crippen LogP contribution in [0.15, 0.2) is 23.2 Å². The number of rotatable bonds is 1. The van der Waals surface area contributed by atoms with Crippen LogP contribution in [0.25, 0.3) is 5.57 Å². The van der Waals surface area contributed by atoms with Crippen molar-refractivity contribution in [2.75, 3.05) is 0 Å². The highest BCUT2D eigenvalue weighted by molar-refractivity contribution is 6.34. The molecule has 0 saturated heterocycles. The fourth-order valence-corrected chi connectivity index (χ4v) is 1.72. The predicted octanol–water partition coefficient (Wildman–Crippen LogP) is 0.764.